The van der Waals surface area contributed by atoms with Gasteiger partial charge in [-0.15, -0.1) is 0 Å². The molecule has 100 valence electrons. The number of aliphatic hydroxyl groups excluding tert-OH is 1. The van der Waals surface area contributed by atoms with Crippen molar-refractivity contribution in [1.82, 2.24) is 10.6 Å². The molecule has 4 heteroatoms. The lowest BCUT2D eigenvalue weighted by Gasteiger charge is -2.25. The molecule has 1 saturated carbocycles. The van der Waals surface area contributed by atoms with Crippen LogP contribution in [0.2, 0.25) is 0 Å². The molecule has 3 N–H and O–H groups in total. The lowest BCUT2D eigenvalue weighted by molar-refractivity contribution is -0.122. The van der Waals surface area contributed by atoms with E-state index in [9.17, 15) is 9.90 Å². The van der Waals surface area contributed by atoms with E-state index in [1.165, 1.54) is 0 Å². The summed E-state index contributed by atoms with van der Waals surface area (Å²) in [6, 6.07) is 0.301. The van der Waals surface area contributed by atoms with Crippen LogP contribution in [0.15, 0.2) is 0 Å². The Labute approximate surface area is 104 Å². The molecule has 0 radical (unpaired) electrons. The zero-order chi connectivity index (χ0) is 12.9. The molecule has 1 amide bonds. The molecular weight excluding hydrogens is 216 g/mol. The smallest absolute Gasteiger partial charge is 0.234 e. The van der Waals surface area contributed by atoms with Gasteiger partial charge in [0.15, 0.2) is 0 Å². The second kappa shape index (κ2) is 6.36. The number of rotatable bonds is 6. The standard InChI is InChI=1S/C13H26N2O2/c1-4-13(2,3)15-12(17)8-14-11-7-5-6-10(11)9-16/h10-11,14,16H,4-9H2,1-3H3,(H,15,17). The highest BCUT2D eigenvalue weighted by Gasteiger charge is 2.27. The van der Waals surface area contributed by atoms with Crippen LogP contribution in [-0.2, 0) is 4.79 Å². The van der Waals surface area contributed by atoms with Gasteiger partial charge < -0.3 is 15.7 Å². The highest BCUT2D eigenvalue weighted by molar-refractivity contribution is 5.78. The first kappa shape index (κ1) is 14.5. The van der Waals surface area contributed by atoms with Crippen LogP contribution in [0.25, 0.3) is 0 Å². The molecule has 0 bridgehead atoms. The Morgan fingerprint density at radius 1 is 1.41 bits per heavy atom. The van der Waals surface area contributed by atoms with Crippen LogP contribution in [0.5, 0.6) is 0 Å². The number of hydrogen-bond acceptors (Lipinski definition) is 3. The molecule has 1 aliphatic carbocycles. The summed E-state index contributed by atoms with van der Waals surface area (Å²) in [5, 5.41) is 15.4. The molecule has 0 heterocycles. The first-order valence-corrected chi connectivity index (χ1v) is 6.63. The normalized spacial score (nSPS) is 24.9. The van der Waals surface area contributed by atoms with Crippen LogP contribution in [0.1, 0.15) is 46.5 Å². The molecule has 0 saturated heterocycles. The Morgan fingerprint density at radius 3 is 2.71 bits per heavy atom. The van der Waals surface area contributed by atoms with Crippen molar-refractivity contribution in [2.45, 2.75) is 58.0 Å². The molecule has 1 rings (SSSR count). The molecule has 17 heavy (non-hydrogen) atoms. The largest absolute Gasteiger partial charge is 0.396 e. The molecule has 0 aromatic carbocycles. The lowest BCUT2D eigenvalue weighted by atomic mass is 10.0. The minimum Gasteiger partial charge on any atom is -0.396 e. The quantitative estimate of drug-likeness (QED) is 0.652. The Bertz CT molecular complexity index is 254. The molecule has 2 unspecified atom stereocenters. The maximum absolute atomic E-state index is 11.7. The highest BCUT2D eigenvalue weighted by atomic mass is 16.3. The van der Waals surface area contributed by atoms with E-state index in [0.29, 0.717) is 18.5 Å². The maximum Gasteiger partial charge on any atom is 0.234 e. The van der Waals surface area contributed by atoms with E-state index in [2.05, 4.69) is 17.6 Å². The summed E-state index contributed by atoms with van der Waals surface area (Å²) in [5.41, 5.74) is -0.134. The summed E-state index contributed by atoms with van der Waals surface area (Å²) in [5.74, 6) is 0.363. The van der Waals surface area contributed by atoms with Gasteiger partial charge >= 0.3 is 0 Å². The Balaban J connectivity index is 2.28. The van der Waals surface area contributed by atoms with Gasteiger partial charge in [0.2, 0.25) is 5.91 Å². The van der Waals surface area contributed by atoms with Crippen molar-refractivity contribution < 1.29 is 9.90 Å². The fourth-order valence-corrected chi connectivity index (χ4v) is 2.26. The SMILES string of the molecule is CCC(C)(C)NC(=O)CNC1CCCC1CO. The summed E-state index contributed by atoms with van der Waals surface area (Å²) in [6.07, 6.45) is 4.19. The van der Waals surface area contributed by atoms with Crippen LogP contribution >= 0.6 is 0 Å². The van der Waals surface area contributed by atoms with E-state index in [1.54, 1.807) is 0 Å². The zero-order valence-corrected chi connectivity index (χ0v) is 11.3. The van der Waals surface area contributed by atoms with Gasteiger partial charge in [0, 0.05) is 18.2 Å². The zero-order valence-electron chi connectivity index (χ0n) is 11.3. The highest BCUT2D eigenvalue weighted by Crippen LogP contribution is 2.24. The van der Waals surface area contributed by atoms with Crippen molar-refractivity contribution in [1.29, 1.82) is 0 Å². The van der Waals surface area contributed by atoms with Crippen LogP contribution in [-0.4, -0.2) is 35.7 Å². The minimum absolute atomic E-state index is 0.0421. The van der Waals surface area contributed by atoms with Gasteiger partial charge in [0.1, 0.15) is 0 Å². The number of carbonyl (C=O) groups excluding carboxylic acids is 1. The second-order valence-electron chi connectivity index (χ2n) is 5.65. The fourth-order valence-electron chi connectivity index (χ4n) is 2.26. The third-order valence-electron chi connectivity index (χ3n) is 3.78. The van der Waals surface area contributed by atoms with E-state index in [1.807, 2.05) is 13.8 Å². The number of amides is 1. The Hall–Kier alpha value is -0.610. The van der Waals surface area contributed by atoms with Crippen molar-refractivity contribution in [3.05, 3.63) is 0 Å². The summed E-state index contributed by atoms with van der Waals surface area (Å²) < 4.78 is 0. The fraction of sp³-hybridized carbons (Fsp3) is 0.923. The molecule has 0 spiro atoms. The van der Waals surface area contributed by atoms with Crippen LogP contribution < -0.4 is 10.6 Å². The van der Waals surface area contributed by atoms with Crippen molar-refractivity contribution in [3.63, 3.8) is 0 Å². The van der Waals surface area contributed by atoms with Crippen molar-refractivity contribution in [2.24, 2.45) is 5.92 Å². The molecule has 4 nitrogen and oxygen atoms in total. The first-order chi connectivity index (χ1) is 7.98. The van der Waals surface area contributed by atoms with E-state index >= 15 is 0 Å². The van der Waals surface area contributed by atoms with Crippen LogP contribution in [0.3, 0.4) is 0 Å². The number of carbonyl (C=O) groups is 1. The monoisotopic (exact) mass is 242 g/mol. The van der Waals surface area contributed by atoms with Gasteiger partial charge in [-0.05, 0) is 39.0 Å². The topological polar surface area (TPSA) is 61.4 Å². The molecule has 0 aliphatic heterocycles. The van der Waals surface area contributed by atoms with Crippen molar-refractivity contribution in [3.8, 4) is 0 Å². The van der Waals surface area contributed by atoms with Gasteiger partial charge in [-0.25, -0.2) is 0 Å². The van der Waals surface area contributed by atoms with E-state index < -0.39 is 0 Å². The predicted octanol–water partition coefficient (Wildman–Crippen LogP) is 1.04. The van der Waals surface area contributed by atoms with E-state index in [0.717, 1.165) is 25.7 Å². The number of hydrogen-bond donors (Lipinski definition) is 3. The Kier molecular flexibility index (Phi) is 5.40. The summed E-state index contributed by atoms with van der Waals surface area (Å²) in [7, 11) is 0. The molecule has 1 aliphatic rings. The predicted molar refractivity (Wildman–Crippen MR) is 68.7 cm³/mol. The number of nitrogens with one attached hydrogen (secondary N) is 2. The summed E-state index contributed by atoms with van der Waals surface area (Å²) in [4.78, 5) is 11.7. The van der Waals surface area contributed by atoms with Crippen molar-refractivity contribution in [2.75, 3.05) is 13.2 Å². The third kappa shape index (κ3) is 4.64. The van der Waals surface area contributed by atoms with Crippen LogP contribution in [0, 0.1) is 5.92 Å². The van der Waals surface area contributed by atoms with E-state index in [4.69, 9.17) is 0 Å². The first-order valence-electron chi connectivity index (χ1n) is 6.63. The number of aliphatic hydroxyl groups is 1. The molecule has 0 aromatic heterocycles. The van der Waals surface area contributed by atoms with Crippen molar-refractivity contribution >= 4 is 5.91 Å². The lowest BCUT2D eigenvalue weighted by Crippen LogP contribution is -2.48. The molecular formula is C13H26N2O2. The minimum atomic E-state index is -0.134. The molecule has 0 aromatic rings. The van der Waals surface area contributed by atoms with E-state index in [-0.39, 0.29) is 18.1 Å². The molecule has 1 fully saturated rings. The van der Waals surface area contributed by atoms with Gasteiger partial charge in [-0.1, -0.05) is 13.3 Å². The maximum atomic E-state index is 11.7. The Morgan fingerprint density at radius 2 is 2.12 bits per heavy atom. The summed E-state index contributed by atoms with van der Waals surface area (Å²) >= 11 is 0. The van der Waals surface area contributed by atoms with Gasteiger partial charge in [-0.3, -0.25) is 4.79 Å². The summed E-state index contributed by atoms with van der Waals surface area (Å²) in [6.45, 7) is 6.69. The molecule has 2 atom stereocenters. The second-order valence-corrected chi connectivity index (χ2v) is 5.65. The van der Waals surface area contributed by atoms with Crippen LogP contribution in [0.4, 0.5) is 0 Å². The average molecular weight is 242 g/mol. The van der Waals surface area contributed by atoms with Gasteiger partial charge in [0.25, 0.3) is 0 Å². The van der Waals surface area contributed by atoms with Gasteiger partial charge in [-0.2, -0.15) is 0 Å². The average Bonchev–Trinajstić information content (AvgIpc) is 2.73. The van der Waals surface area contributed by atoms with Gasteiger partial charge in [0.05, 0.1) is 6.54 Å². The third-order valence-corrected chi connectivity index (χ3v) is 3.78.